The number of hydrogen-bond acceptors (Lipinski definition) is 4. The van der Waals surface area contributed by atoms with Crippen LogP contribution in [-0.2, 0) is 10.0 Å². The molecule has 0 fully saturated rings. The Kier molecular flexibility index (Phi) is 4.49. The van der Waals surface area contributed by atoms with E-state index in [-0.39, 0.29) is 16.1 Å². The lowest BCUT2D eigenvalue weighted by molar-refractivity contribution is 0.0998. The topological polar surface area (TPSA) is 112 Å². The van der Waals surface area contributed by atoms with Gasteiger partial charge in [-0.05, 0) is 28.8 Å². The standard InChI is InChI=1S/C11H7ClN4O3S2/c12-7-2-1-3-8(4-7)15-21(18,19)10-6-20-5-9(10)11(17)14-16-13/h1-6,15H. The fraction of sp³-hybridized carbons (Fsp3) is 0. The molecule has 21 heavy (non-hydrogen) atoms. The molecule has 1 heterocycles. The van der Waals surface area contributed by atoms with Crippen LogP contribution in [0.2, 0.25) is 5.02 Å². The number of anilines is 1. The van der Waals surface area contributed by atoms with Gasteiger partial charge in [-0.15, -0.1) is 0 Å². The molecule has 10 heteroatoms. The second-order valence-electron chi connectivity index (χ2n) is 3.76. The third-order valence-corrected chi connectivity index (χ3v) is 4.91. The first kappa shape index (κ1) is 15.3. The molecule has 2 aromatic rings. The highest BCUT2D eigenvalue weighted by Gasteiger charge is 2.23. The Hall–Kier alpha value is -2.06. The minimum atomic E-state index is -3.98. The van der Waals surface area contributed by atoms with E-state index < -0.39 is 15.9 Å². The van der Waals surface area contributed by atoms with Gasteiger partial charge in [0.05, 0.1) is 11.3 Å². The summed E-state index contributed by atoms with van der Waals surface area (Å²) in [5, 5.41) is 5.86. The number of halogens is 1. The maximum atomic E-state index is 12.3. The van der Waals surface area contributed by atoms with Gasteiger partial charge in [-0.3, -0.25) is 9.52 Å². The summed E-state index contributed by atoms with van der Waals surface area (Å²) in [5.41, 5.74) is 8.34. The molecule has 0 aliphatic rings. The van der Waals surface area contributed by atoms with Crippen molar-refractivity contribution >= 4 is 44.6 Å². The predicted molar refractivity (Wildman–Crippen MR) is 80.1 cm³/mol. The molecule has 1 amide bonds. The van der Waals surface area contributed by atoms with E-state index in [0.717, 1.165) is 11.3 Å². The van der Waals surface area contributed by atoms with Gasteiger partial charge < -0.3 is 0 Å². The third-order valence-electron chi connectivity index (χ3n) is 2.36. The quantitative estimate of drug-likeness (QED) is 0.519. The van der Waals surface area contributed by atoms with Crippen LogP contribution >= 0.6 is 22.9 Å². The van der Waals surface area contributed by atoms with Gasteiger partial charge in [0, 0.05) is 20.7 Å². The molecule has 2 rings (SSSR count). The number of nitrogens with one attached hydrogen (secondary N) is 1. The molecule has 0 bridgehead atoms. The van der Waals surface area contributed by atoms with Crippen molar-refractivity contribution in [2.24, 2.45) is 5.11 Å². The third kappa shape index (κ3) is 3.53. The number of rotatable bonds is 4. The van der Waals surface area contributed by atoms with Crippen molar-refractivity contribution in [2.75, 3.05) is 4.72 Å². The highest BCUT2D eigenvalue weighted by atomic mass is 35.5. The largest absolute Gasteiger partial charge is 0.287 e. The Morgan fingerprint density at radius 3 is 2.81 bits per heavy atom. The summed E-state index contributed by atoms with van der Waals surface area (Å²) >= 11 is 6.79. The number of amides is 1. The summed E-state index contributed by atoms with van der Waals surface area (Å²) in [6.45, 7) is 0. The number of benzene rings is 1. The minimum absolute atomic E-state index is 0.174. The SMILES string of the molecule is [N-]=[N+]=NC(=O)c1cscc1S(=O)(=O)Nc1cccc(Cl)c1. The highest BCUT2D eigenvalue weighted by Crippen LogP contribution is 2.25. The lowest BCUT2D eigenvalue weighted by Crippen LogP contribution is -2.15. The zero-order chi connectivity index (χ0) is 15.5. The van der Waals surface area contributed by atoms with E-state index in [1.165, 1.54) is 22.9 Å². The zero-order valence-corrected chi connectivity index (χ0v) is 12.6. The fourth-order valence-electron chi connectivity index (χ4n) is 1.51. The fourth-order valence-corrected chi connectivity index (χ4v) is 4.11. The Bertz CT molecular complexity index is 841. The number of sulfonamides is 1. The lowest BCUT2D eigenvalue weighted by Gasteiger charge is -2.08. The van der Waals surface area contributed by atoms with Gasteiger partial charge in [-0.25, -0.2) is 8.42 Å². The van der Waals surface area contributed by atoms with Gasteiger partial charge in [0.15, 0.2) is 0 Å². The van der Waals surface area contributed by atoms with Crippen LogP contribution in [0.25, 0.3) is 10.4 Å². The molecule has 1 aromatic carbocycles. The number of nitrogens with zero attached hydrogens (tertiary/aromatic N) is 3. The van der Waals surface area contributed by atoms with E-state index in [0.29, 0.717) is 5.02 Å². The molecule has 0 unspecified atom stereocenters. The summed E-state index contributed by atoms with van der Waals surface area (Å²) in [6.07, 6.45) is 0. The Labute approximate surface area is 128 Å². The molecule has 108 valence electrons. The van der Waals surface area contributed by atoms with Gasteiger partial charge in [-0.2, -0.15) is 11.3 Å². The van der Waals surface area contributed by atoms with E-state index in [9.17, 15) is 13.2 Å². The molecule has 1 N–H and O–H groups in total. The maximum Gasteiger partial charge on any atom is 0.263 e. The van der Waals surface area contributed by atoms with Crippen LogP contribution in [0.1, 0.15) is 10.4 Å². The summed E-state index contributed by atoms with van der Waals surface area (Å²) < 4.78 is 26.8. The van der Waals surface area contributed by atoms with Gasteiger partial charge in [0.2, 0.25) is 0 Å². The average Bonchev–Trinajstić information content (AvgIpc) is 2.88. The molecule has 0 saturated carbocycles. The zero-order valence-electron chi connectivity index (χ0n) is 10.2. The van der Waals surface area contributed by atoms with Gasteiger partial charge in [0.25, 0.3) is 15.9 Å². The molecular formula is C11H7ClN4O3S2. The first-order chi connectivity index (χ1) is 9.94. The van der Waals surface area contributed by atoms with E-state index in [2.05, 4.69) is 14.7 Å². The van der Waals surface area contributed by atoms with E-state index in [4.69, 9.17) is 17.1 Å². The van der Waals surface area contributed by atoms with Crippen molar-refractivity contribution < 1.29 is 13.2 Å². The molecular weight excluding hydrogens is 336 g/mol. The summed E-state index contributed by atoms with van der Waals surface area (Å²) in [7, 11) is -3.98. The molecule has 7 nitrogen and oxygen atoms in total. The first-order valence-corrected chi connectivity index (χ1v) is 8.18. The van der Waals surface area contributed by atoms with Crippen molar-refractivity contribution in [2.45, 2.75) is 4.90 Å². The van der Waals surface area contributed by atoms with Crippen LogP contribution in [0.5, 0.6) is 0 Å². The van der Waals surface area contributed by atoms with E-state index in [1.54, 1.807) is 12.1 Å². The Morgan fingerprint density at radius 2 is 2.14 bits per heavy atom. The number of thiophene rings is 1. The molecule has 1 aromatic heterocycles. The smallest absolute Gasteiger partial charge is 0.263 e. The highest BCUT2D eigenvalue weighted by molar-refractivity contribution is 7.93. The van der Waals surface area contributed by atoms with Crippen LogP contribution in [0.3, 0.4) is 0 Å². The summed E-state index contributed by atoms with van der Waals surface area (Å²) in [4.78, 5) is 13.7. The van der Waals surface area contributed by atoms with E-state index >= 15 is 0 Å². The maximum absolute atomic E-state index is 12.3. The average molecular weight is 343 g/mol. The number of azide groups is 1. The summed E-state index contributed by atoms with van der Waals surface area (Å²) in [5.74, 6) is -0.954. The lowest BCUT2D eigenvalue weighted by atomic mass is 10.3. The second-order valence-corrected chi connectivity index (χ2v) is 6.59. The second kappa shape index (κ2) is 6.15. The molecule has 0 radical (unpaired) electrons. The number of carbonyl (C=O) groups is 1. The van der Waals surface area contributed by atoms with Crippen LogP contribution < -0.4 is 4.72 Å². The molecule has 0 aliphatic carbocycles. The normalized spacial score (nSPS) is 10.7. The van der Waals surface area contributed by atoms with Crippen molar-refractivity contribution in [3.63, 3.8) is 0 Å². The van der Waals surface area contributed by atoms with Crippen molar-refractivity contribution in [1.82, 2.24) is 0 Å². The van der Waals surface area contributed by atoms with Crippen molar-refractivity contribution in [3.05, 3.63) is 56.1 Å². The minimum Gasteiger partial charge on any atom is -0.287 e. The van der Waals surface area contributed by atoms with Crippen molar-refractivity contribution in [3.8, 4) is 0 Å². The van der Waals surface area contributed by atoms with Gasteiger partial charge >= 0.3 is 0 Å². The molecule has 0 saturated heterocycles. The van der Waals surface area contributed by atoms with Crippen LogP contribution in [0.4, 0.5) is 5.69 Å². The van der Waals surface area contributed by atoms with Crippen molar-refractivity contribution in [1.29, 1.82) is 0 Å². The van der Waals surface area contributed by atoms with Gasteiger partial charge in [-0.1, -0.05) is 17.7 Å². The van der Waals surface area contributed by atoms with Crippen LogP contribution in [0, 0.1) is 0 Å². The monoisotopic (exact) mass is 342 g/mol. The predicted octanol–water partition coefficient (Wildman–Crippen LogP) is 3.65. The molecule has 0 spiro atoms. The van der Waals surface area contributed by atoms with Gasteiger partial charge in [0.1, 0.15) is 4.90 Å². The first-order valence-electron chi connectivity index (χ1n) is 5.38. The Morgan fingerprint density at radius 1 is 1.38 bits per heavy atom. The van der Waals surface area contributed by atoms with E-state index in [1.807, 2.05) is 0 Å². The van der Waals surface area contributed by atoms with Crippen LogP contribution in [-0.4, -0.2) is 14.3 Å². The molecule has 0 aliphatic heterocycles. The molecule has 0 atom stereocenters. The van der Waals surface area contributed by atoms with Crippen LogP contribution in [0.15, 0.2) is 45.0 Å². The number of hydrogen-bond donors (Lipinski definition) is 1. The Balaban J connectivity index is 2.39. The number of carbonyl (C=O) groups excluding carboxylic acids is 1. The summed E-state index contributed by atoms with van der Waals surface area (Å²) in [6, 6.07) is 6.13.